The molecular formula is C25H32N4O5. The highest BCUT2D eigenvalue weighted by atomic mass is 16.5. The zero-order valence-electron chi connectivity index (χ0n) is 19.5. The number of carbonyl (C=O) groups is 1. The second-order valence-electron chi connectivity index (χ2n) is 8.60. The molecule has 3 heterocycles. The molecule has 0 bridgehead atoms. The molecule has 1 aliphatic heterocycles. The van der Waals surface area contributed by atoms with Gasteiger partial charge in [-0.15, -0.1) is 0 Å². The lowest BCUT2D eigenvalue weighted by molar-refractivity contribution is -0.00353. The molecule has 1 atom stereocenters. The summed E-state index contributed by atoms with van der Waals surface area (Å²) in [6, 6.07) is 13.5. The molecule has 1 fully saturated rings. The number of hydrogen-bond acceptors (Lipinski definition) is 8. The van der Waals surface area contributed by atoms with Crippen LogP contribution in [0.15, 0.2) is 63.8 Å². The number of oxazole rings is 1. The lowest BCUT2D eigenvalue weighted by Crippen LogP contribution is -2.48. The molecule has 4 rings (SSSR count). The van der Waals surface area contributed by atoms with Gasteiger partial charge in [0, 0.05) is 46.3 Å². The summed E-state index contributed by atoms with van der Waals surface area (Å²) in [6.07, 6.45) is 2.50. The van der Waals surface area contributed by atoms with E-state index in [1.165, 1.54) is 6.26 Å². The van der Waals surface area contributed by atoms with Crippen molar-refractivity contribution in [3.63, 3.8) is 0 Å². The highest BCUT2D eigenvalue weighted by molar-refractivity contribution is 5.91. The zero-order valence-corrected chi connectivity index (χ0v) is 19.5. The molecule has 9 heteroatoms. The molecular weight excluding hydrogens is 436 g/mol. The van der Waals surface area contributed by atoms with Crippen LogP contribution < -0.4 is 0 Å². The fraction of sp³-hybridized carbons (Fsp3) is 0.440. The SMILES string of the molecule is CN(Cc1ccccc1)C(=O)c1coc(CN2CCN(CC(O)COCc3ccco3)CC2)n1. The van der Waals surface area contributed by atoms with Crippen molar-refractivity contribution in [2.75, 3.05) is 46.4 Å². The summed E-state index contributed by atoms with van der Waals surface area (Å²) in [5.74, 6) is 1.13. The van der Waals surface area contributed by atoms with Crippen molar-refractivity contribution in [1.82, 2.24) is 19.7 Å². The summed E-state index contributed by atoms with van der Waals surface area (Å²) in [5.41, 5.74) is 1.39. The van der Waals surface area contributed by atoms with Crippen molar-refractivity contribution in [2.45, 2.75) is 25.8 Å². The van der Waals surface area contributed by atoms with E-state index in [4.69, 9.17) is 13.6 Å². The smallest absolute Gasteiger partial charge is 0.275 e. The van der Waals surface area contributed by atoms with Gasteiger partial charge in [0.1, 0.15) is 18.6 Å². The number of hydrogen-bond donors (Lipinski definition) is 1. The maximum absolute atomic E-state index is 12.7. The summed E-state index contributed by atoms with van der Waals surface area (Å²) in [4.78, 5) is 23.2. The first-order chi connectivity index (χ1) is 16.6. The second-order valence-corrected chi connectivity index (χ2v) is 8.60. The maximum Gasteiger partial charge on any atom is 0.275 e. The zero-order chi connectivity index (χ0) is 23.8. The van der Waals surface area contributed by atoms with E-state index in [1.54, 1.807) is 18.2 Å². The van der Waals surface area contributed by atoms with Crippen LogP contribution in [0, 0.1) is 0 Å². The Bertz CT molecular complexity index is 1000. The molecule has 0 saturated carbocycles. The number of benzene rings is 1. The molecule has 2 aromatic heterocycles. The molecule has 1 unspecified atom stereocenters. The van der Waals surface area contributed by atoms with Crippen LogP contribution in [0.4, 0.5) is 0 Å². The van der Waals surface area contributed by atoms with Gasteiger partial charge in [0.25, 0.3) is 5.91 Å². The van der Waals surface area contributed by atoms with Gasteiger partial charge in [-0.2, -0.15) is 0 Å². The van der Waals surface area contributed by atoms with Crippen molar-refractivity contribution in [2.24, 2.45) is 0 Å². The number of aliphatic hydroxyl groups excluding tert-OH is 1. The van der Waals surface area contributed by atoms with Gasteiger partial charge >= 0.3 is 0 Å². The number of ether oxygens (including phenoxy) is 1. The minimum atomic E-state index is -0.547. The third kappa shape index (κ3) is 7.01. The molecule has 1 saturated heterocycles. The van der Waals surface area contributed by atoms with Gasteiger partial charge in [0.05, 0.1) is 25.5 Å². The summed E-state index contributed by atoms with van der Waals surface area (Å²) in [5, 5.41) is 10.3. The van der Waals surface area contributed by atoms with Crippen LogP contribution in [0.25, 0.3) is 0 Å². The molecule has 0 spiro atoms. The lowest BCUT2D eigenvalue weighted by Gasteiger charge is -2.34. The highest BCUT2D eigenvalue weighted by Gasteiger charge is 2.22. The predicted octanol–water partition coefficient (Wildman–Crippen LogP) is 2.24. The van der Waals surface area contributed by atoms with E-state index in [9.17, 15) is 9.90 Å². The minimum absolute atomic E-state index is 0.160. The quantitative estimate of drug-likeness (QED) is 0.458. The first-order valence-corrected chi connectivity index (χ1v) is 11.5. The van der Waals surface area contributed by atoms with Crippen LogP contribution in [0.3, 0.4) is 0 Å². The van der Waals surface area contributed by atoms with Gasteiger partial charge in [-0.3, -0.25) is 14.6 Å². The summed E-state index contributed by atoms with van der Waals surface area (Å²) in [7, 11) is 1.76. The number of rotatable bonds is 11. The highest BCUT2D eigenvalue weighted by Crippen LogP contribution is 2.12. The third-order valence-electron chi connectivity index (χ3n) is 5.81. The van der Waals surface area contributed by atoms with Crippen molar-refractivity contribution < 1.29 is 23.5 Å². The third-order valence-corrected chi connectivity index (χ3v) is 5.81. The average Bonchev–Trinajstić information content (AvgIpc) is 3.53. The molecule has 34 heavy (non-hydrogen) atoms. The first kappa shape index (κ1) is 24.2. The Hall–Kier alpha value is -2.98. The Morgan fingerprint density at radius 2 is 1.88 bits per heavy atom. The van der Waals surface area contributed by atoms with Crippen molar-refractivity contribution in [3.05, 3.63) is 77.9 Å². The van der Waals surface area contributed by atoms with Gasteiger partial charge in [-0.25, -0.2) is 4.98 Å². The fourth-order valence-electron chi connectivity index (χ4n) is 3.97. The van der Waals surface area contributed by atoms with Crippen LogP contribution in [0.2, 0.25) is 0 Å². The van der Waals surface area contributed by atoms with E-state index >= 15 is 0 Å². The van der Waals surface area contributed by atoms with E-state index < -0.39 is 6.10 Å². The Morgan fingerprint density at radius 1 is 1.12 bits per heavy atom. The molecule has 1 amide bonds. The Labute approximate surface area is 199 Å². The van der Waals surface area contributed by atoms with Crippen LogP contribution in [-0.2, 0) is 24.4 Å². The summed E-state index contributed by atoms with van der Waals surface area (Å²) < 4.78 is 16.3. The molecule has 0 radical (unpaired) electrons. The maximum atomic E-state index is 12.7. The number of amides is 1. The van der Waals surface area contributed by atoms with Crippen molar-refractivity contribution in [1.29, 1.82) is 0 Å². The lowest BCUT2D eigenvalue weighted by atomic mass is 10.2. The molecule has 0 aliphatic carbocycles. The Kier molecular flexibility index (Phi) is 8.48. The topological polar surface area (TPSA) is 95.4 Å². The van der Waals surface area contributed by atoms with Crippen LogP contribution in [0.5, 0.6) is 0 Å². The monoisotopic (exact) mass is 468 g/mol. The standard InChI is InChI=1S/C25H32N4O5/c1-27(14-20-6-3-2-4-7-20)25(31)23-19-34-24(26-23)16-29-11-9-28(10-12-29)15-21(30)17-32-18-22-8-5-13-33-22/h2-8,13,19,21,30H,9-12,14-18H2,1H3. The van der Waals surface area contributed by atoms with E-state index in [-0.39, 0.29) is 12.5 Å². The number of carbonyl (C=O) groups excluding carboxylic acids is 1. The molecule has 1 aromatic carbocycles. The molecule has 182 valence electrons. The molecule has 1 N–H and O–H groups in total. The summed E-state index contributed by atoms with van der Waals surface area (Å²) in [6.45, 7) is 5.61. The minimum Gasteiger partial charge on any atom is -0.467 e. The van der Waals surface area contributed by atoms with E-state index in [2.05, 4.69) is 14.8 Å². The van der Waals surface area contributed by atoms with Gasteiger partial charge < -0.3 is 23.6 Å². The number of aromatic nitrogens is 1. The second kappa shape index (κ2) is 11.9. The summed E-state index contributed by atoms with van der Waals surface area (Å²) >= 11 is 0. The predicted molar refractivity (Wildman–Crippen MR) is 125 cm³/mol. The number of nitrogens with zero attached hydrogens (tertiary/aromatic N) is 4. The normalized spacial score (nSPS) is 15.9. The van der Waals surface area contributed by atoms with Gasteiger partial charge in [-0.1, -0.05) is 30.3 Å². The molecule has 1 aliphatic rings. The van der Waals surface area contributed by atoms with E-state index in [0.717, 1.165) is 37.5 Å². The molecule has 9 nitrogen and oxygen atoms in total. The van der Waals surface area contributed by atoms with Crippen molar-refractivity contribution in [3.8, 4) is 0 Å². The van der Waals surface area contributed by atoms with Gasteiger partial charge in [0.15, 0.2) is 5.69 Å². The largest absolute Gasteiger partial charge is 0.467 e. The van der Waals surface area contributed by atoms with E-state index in [0.29, 0.717) is 37.8 Å². The van der Waals surface area contributed by atoms with E-state index in [1.807, 2.05) is 42.5 Å². The van der Waals surface area contributed by atoms with Crippen LogP contribution in [-0.4, -0.2) is 83.2 Å². The van der Waals surface area contributed by atoms with Crippen molar-refractivity contribution >= 4 is 5.91 Å². The van der Waals surface area contributed by atoms with Crippen LogP contribution in [0.1, 0.15) is 27.7 Å². The Morgan fingerprint density at radius 3 is 2.62 bits per heavy atom. The number of piperazine rings is 1. The average molecular weight is 469 g/mol. The molecule has 3 aromatic rings. The fourth-order valence-corrected chi connectivity index (χ4v) is 3.97. The number of β-amino-alcohol motifs (C(OH)–C–C–N with tert-alkyl or cyclic N) is 1. The van der Waals surface area contributed by atoms with Gasteiger partial charge in [0.2, 0.25) is 5.89 Å². The number of furan rings is 1. The first-order valence-electron chi connectivity index (χ1n) is 11.5. The number of aliphatic hydroxyl groups is 1. The Balaban J connectivity index is 1.16. The van der Waals surface area contributed by atoms with Crippen LogP contribution >= 0.6 is 0 Å². The van der Waals surface area contributed by atoms with Gasteiger partial charge in [-0.05, 0) is 17.7 Å².